The van der Waals surface area contributed by atoms with Gasteiger partial charge in [0.1, 0.15) is 17.6 Å². The van der Waals surface area contributed by atoms with Crippen molar-refractivity contribution in [3.63, 3.8) is 0 Å². The van der Waals surface area contributed by atoms with E-state index in [0.717, 1.165) is 4.57 Å². The lowest BCUT2D eigenvalue weighted by atomic mass is 9.83. The summed E-state index contributed by atoms with van der Waals surface area (Å²) >= 11 is 0. The Hall–Kier alpha value is -2.22. The van der Waals surface area contributed by atoms with E-state index in [4.69, 9.17) is 29.5 Å². The molecule has 2 aliphatic heterocycles. The standard InChI is InChI=1S/C21H29N2O9P/c1-7-21(6)16-14(31-17(21)23-10-8-15(24)22-19(23)26)12-29-33(27,32-16)28-11-9-20(4,5)18(25)30-13(2)3/h1,8,10,13-14,16-17H,9,11-12H2,2-6H3,(H,22,24,26)/t14-,16-,17-,21-,33+/m1/s1. The fourth-order valence-electron chi connectivity index (χ4n) is 3.62. The molecule has 0 aromatic carbocycles. The van der Waals surface area contributed by atoms with E-state index in [2.05, 4.69) is 10.9 Å². The number of hydrogen-bond acceptors (Lipinski definition) is 9. The van der Waals surface area contributed by atoms with Crippen LogP contribution in [-0.4, -0.2) is 47.0 Å². The van der Waals surface area contributed by atoms with Gasteiger partial charge < -0.3 is 9.47 Å². The molecule has 2 saturated heterocycles. The van der Waals surface area contributed by atoms with Crippen LogP contribution in [0.25, 0.3) is 0 Å². The number of carbonyl (C=O) groups is 1. The van der Waals surface area contributed by atoms with E-state index in [1.54, 1.807) is 34.6 Å². The molecule has 0 saturated carbocycles. The molecule has 0 bridgehead atoms. The maximum Gasteiger partial charge on any atom is 0.475 e. The third-order valence-electron chi connectivity index (χ3n) is 5.67. The summed E-state index contributed by atoms with van der Waals surface area (Å²) in [6, 6.07) is 1.17. The van der Waals surface area contributed by atoms with E-state index in [1.165, 1.54) is 12.3 Å². The number of esters is 1. The summed E-state index contributed by atoms with van der Waals surface area (Å²) in [4.78, 5) is 38.1. The lowest BCUT2D eigenvalue weighted by molar-refractivity contribution is -0.158. The highest BCUT2D eigenvalue weighted by Gasteiger charge is 2.60. The Morgan fingerprint density at radius 3 is 2.76 bits per heavy atom. The highest BCUT2D eigenvalue weighted by atomic mass is 31.2. The first kappa shape index (κ1) is 25.4. The molecular formula is C21H29N2O9P. The van der Waals surface area contributed by atoms with E-state index in [-0.39, 0.29) is 25.7 Å². The molecule has 0 spiro atoms. The SMILES string of the molecule is C#C[C@]1(C)[C@@H]2O[P@@](=O)(OCCC(C)(C)C(=O)OC(C)C)OC[C@H]2O[C@H]1n1ccc(=O)[nH]c1=O. The largest absolute Gasteiger partial charge is 0.475 e. The van der Waals surface area contributed by atoms with E-state index in [0.29, 0.717) is 0 Å². The second-order valence-electron chi connectivity index (χ2n) is 9.16. The number of carbonyl (C=O) groups excluding carboxylic acids is 1. The minimum absolute atomic E-state index is 0.0920. The number of H-pyrrole nitrogens is 1. The molecule has 1 aromatic rings. The molecule has 1 N–H and O–H groups in total. The third kappa shape index (κ3) is 5.15. The Bertz CT molecular complexity index is 1100. The van der Waals surface area contributed by atoms with Gasteiger partial charge in [0.15, 0.2) is 6.23 Å². The molecule has 1 aromatic heterocycles. The Morgan fingerprint density at radius 2 is 2.15 bits per heavy atom. The highest BCUT2D eigenvalue weighted by Crippen LogP contribution is 2.60. The van der Waals surface area contributed by atoms with Crippen molar-refractivity contribution < 1.29 is 32.4 Å². The van der Waals surface area contributed by atoms with E-state index >= 15 is 0 Å². The smallest absolute Gasteiger partial charge is 0.463 e. The van der Waals surface area contributed by atoms with Crippen molar-refractivity contribution in [3.05, 3.63) is 33.1 Å². The number of aromatic amines is 1. The molecule has 0 amide bonds. The van der Waals surface area contributed by atoms with Crippen LogP contribution in [0.3, 0.4) is 0 Å². The molecule has 0 unspecified atom stereocenters. The van der Waals surface area contributed by atoms with Crippen molar-refractivity contribution in [2.45, 2.75) is 65.6 Å². The number of nitrogens with one attached hydrogen (secondary N) is 1. The molecule has 0 aliphatic carbocycles. The van der Waals surface area contributed by atoms with Gasteiger partial charge in [-0.05, 0) is 41.0 Å². The van der Waals surface area contributed by atoms with Gasteiger partial charge in [-0.25, -0.2) is 9.36 Å². The number of fused-ring (bicyclic) bond motifs is 1. The van der Waals surface area contributed by atoms with Gasteiger partial charge in [-0.3, -0.25) is 32.7 Å². The molecule has 182 valence electrons. The number of terminal acetylenes is 1. The highest BCUT2D eigenvalue weighted by molar-refractivity contribution is 7.48. The van der Waals surface area contributed by atoms with Crippen LogP contribution in [0.15, 0.2) is 21.9 Å². The van der Waals surface area contributed by atoms with Crippen LogP contribution in [0.2, 0.25) is 0 Å². The molecule has 5 atom stereocenters. The summed E-state index contributed by atoms with van der Waals surface area (Å²) < 4.78 is 41.9. The van der Waals surface area contributed by atoms with Gasteiger partial charge >= 0.3 is 19.5 Å². The van der Waals surface area contributed by atoms with Crippen LogP contribution in [0.4, 0.5) is 0 Å². The number of hydrogen-bond donors (Lipinski definition) is 1. The first-order valence-electron chi connectivity index (χ1n) is 10.5. The van der Waals surface area contributed by atoms with Crippen LogP contribution >= 0.6 is 7.82 Å². The first-order chi connectivity index (χ1) is 15.3. The third-order valence-corrected chi connectivity index (χ3v) is 7.12. The number of nitrogens with zero attached hydrogens (tertiary/aromatic N) is 1. The Labute approximate surface area is 191 Å². The Kier molecular flexibility index (Phi) is 7.08. The van der Waals surface area contributed by atoms with Gasteiger partial charge in [0.05, 0.1) is 24.7 Å². The van der Waals surface area contributed by atoms with Gasteiger partial charge in [-0.2, -0.15) is 0 Å². The summed E-state index contributed by atoms with van der Waals surface area (Å²) in [7, 11) is -4.03. The summed E-state index contributed by atoms with van der Waals surface area (Å²) in [5.74, 6) is 2.19. The summed E-state index contributed by atoms with van der Waals surface area (Å²) in [5, 5.41) is 0. The van der Waals surface area contributed by atoms with E-state index in [1.807, 2.05) is 0 Å². The van der Waals surface area contributed by atoms with Crippen LogP contribution < -0.4 is 11.2 Å². The quantitative estimate of drug-likeness (QED) is 0.350. The van der Waals surface area contributed by atoms with Crippen LogP contribution in [0, 0.1) is 23.2 Å². The van der Waals surface area contributed by atoms with Gasteiger partial charge in [-0.15, -0.1) is 6.42 Å². The Morgan fingerprint density at radius 1 is 1.45 bits per heavy atom. The van der Waals surface area contributed by atoms with Gasteiger partial charge in [-0.1, -0.05) is 5.92 Å². The summed E-state index contributed by atoms with van der Waals surface area (Å²) in [5.41, 5.74) is -3.37. The average Bonchev–Trinajstić information content (AvgIpc) is 2.99. The van der Waals surface area contributed by atoms with Crippen molar-refractivity contribution in [1.29, 1.82) is 0 Å². The zero-order valence-corrected chi connectivity index (χ0v) is 20.1. The molecular weight excluding hydrogens is 455 g/mol. The van der Waals surface area contributed by atoms with E-state index < -0.39 is 54.3 Å². The second-order valence-corrected chi connectivity index (χ2v) is 10.8. The zero-order valence-electron chi connectivity index (χ0n) is 19.2. The number of phosphoric acid groups is 1. The van der Waals surface area contributed by atoms with Crippen LogP contribution in [-0.2, 0) is 32.4 Å². The van der Waals surface area contributed by atoms with E-state index in [9.17, 15) is 18.9 Å². The lowest BCUT2D eigenvalue weighted by Crippen LogP contribution is -2.43. The minimum atomic E-state index is -4.03. The lowest BCUT2D eigenvalue weighted by Gasteiger charge is -2.35. The van der Waals surface area contributed by atoms with Crippen molar-refractivity contribution >= 4 is 13.8 Å². The fourth-order valence-corrected chi connectivity index (χ4v) is 5.09. The van der Waals surface area contributed by atoms with Crippen molar-refractivity contribution in [2.75, 3.05) is 13.2 Å². The number of phosphoric ester groups is 1. The number of rotatable bonds is 7. The van der Waals surface area contributed by atoms with Gasteiger partial charge in [0.25, 0.3) is 5.56 Å². The van der Waals surface area contributed by atoms with Crippen molar-refractivity contribution in [1.82, 2.24) is 9.55 Å². The van der Waals surface area contributed by atoms with Crippen LogP contribution in [0.1, 0.15) is 47.3 Å². The summed E-state index contributed by atoms with van der Waals surface area (Å²) in [6.45, 7) is 8.29. The first-order valence-corrected chi connectivity index (χ1v) is 12.0. The molecule has 2 fully saturated rings. The average molecular weight is 484 g/mol. The normalized spacial score (nSPS) is 31.7. The maximum atomic E-state index is 13.1. The molecule has 11 nitrogen and oxygen atoms in total. The topological polar surface area (TPSA) is 135 Å². The van der Waals surface area contributed by atoms with Crippen molar-refractivity contribution in [2.24, 2.45) is 10.8 Å². The second kappa shape index (κ2) is 9.20. The number of aromatic nitrogens is 2. The predicted octanol–water partition coefficient (Wildman–Crippen LogP) is 1.98. The van der Waals surface area contributed by atoms with Gasteiger partial charge in [0.2, 0.25) is 0 Å². The monoisotopic (exact) mass is 484 g/mol. The molecule has 33 heavy (non-hydrogen) atoms. The molecule has 3 heterocycles. The molecule has 12 heteroatoms. The molecule has 0 radical (unpaired) electrons. The van der Waals surface area contributed by atoms with Gasteiger partial charge in [0, 0.05) is 12.3 Å². The van der Waals surface area contributed by atoms with Crippen LogP contribution in [0.5, 0.6) is 0 Å². The molecule has 3 rings (SSSR count). The molecule has 2 aliphatic rings. The predicted molar refractivity (Wildman–Crippen MR) is 116 cm³/mol. The minimum Gasteiger partial charge on any atom is -0.463 e. The summed E-state index contributed by atoms with van der Waals surface area (Å²) in [6.07, 6.45) is 4.37. The zero-order chi connectivity index (χ0) is 24.6. The Balaban J connectivity index is 1.72. The fraction of sp³-hybridized carbons (Fsp3) is 0.667. The maximum absolute atomic E-state index is 13.1. The van der Waals surface area contributed by atoms with Crippen molar-refractivity contribution in [3.8, 4) is 12.3 Å². The number of ether oxygens (including phenoxy) is 2.